The number of aromatic nitrogens is 1. The first-order chi connectivity index (χ1) is 10.2. The van der Waals surface area contributed by atoms with Gasteiger partial charge in [-0.2, -0.15) is 0 Å². The fourth-order valence-corrected chi connectivity index (χ4v) is 3.05. The van der Waals surface area contributed by atoms with Gasteiger partial charge in [0.1, 0.15) is 12.4 Å². The second kappa shape index (κ2) is 5.41. The number of aliphatic hydroxyl groups excluding tert-OH is 1. The number of rotatable bonds is 4. The minimum Gasteiger partial charge on any atom is -0.490 e. The van der Waals surface area contributed by atoms with Gasteiger partial charge < -0.3 is 14.4 Å². The Labute approximate surface area is 124 Å². The van der Waals surface area contributed by atoms with Crippen LogP contribution in [0.3, 0.4) is 0 Å². The number of benzene rings is 2. The molecule has 21 heavy (non-hydrogen) atoms. The molecule has 110 valence electrons. The highest BCUT2D eigenvalue weighted by molar-refractivity contribution is 6.11. The molecule has 1 N–H and O–H groups in total. The maximum absolute atomic E-state index is 9.07. The molecule has 3 rings (SSSR count). The highest BCUT2D eigenvalue weighted by atomic mass is 16.5. The molecule has 1 heterocycles. The standard InChI is InChI=1S/C18H21NO2/c1-4-19-15-7-5-12(2)11-14(15)17-16(19)8-6-13(3)18(17)21-10-9-20/h5-8,11,20H,4,9-10H2,1-3H3. The minimum absolute atomic E-state index is 0.0290. The Kier molecular flexibility index (Phi) is 3.60. The first-order valence-corrected chi connectivity index (χ1v) is 7.43. The highest BCUT2D eigenvalue weighted by Gasteiger charge is 2.15. The third-order valence-corrected chi connectivity index (χ3v) is 3.99. The zero-order valence-electron chi connectivity index (χ0n) is 12.8. The van der Waals surface area contributed by atoms with Crippen LogP contribution in [0.4, 0.5) is 0 Å². The van der Waals surface area contributed by atoms with E-state index in [0.29, 0.717) is 6.61 Å². The summed E-state index contributed by atoms with van der Waals surface area (Å²) in [5, 5.41) is 11.5. The van der Waals surface area contributed by atoms with E-state index in [0.717, 1.165) is 23.2 Å². The van der Waals surface area contributed by atoms with Crippen LogP contribution in [0.5, 0.6) is 5.75 Å². The summed E-state index contributed by atoms with van der Waals surface area (Å²) in [5.74, 6) is 0.893. The van der Waals surface area contributed by atoms with Crippen LogP contribution in [-0.4, -0.2) is 22.9 Å². The first kappa shape index (κ1) is 14.0. The Morgan fingerprint density at radius 3 is 2.57 bits per heavy atom. The molecule has 0 fully saturated rings. The monoisotopic (exact) mass is 283 g/mol. The van der Waals surface area contributed by atoms with E-state index in [1.165, 1.54) is 22.0 Å². The first-order valence-electron chi connectivity index (χ1n) is 7.43. The molecule has 0 bridgehead atoms. The number of ether oxygens (including phenoxy) is 1. The van der Waals surface area contributed by atoms with E-state index in [2.05, 4.69) is 55.7 Å². The largest absolute Gasteiger partial charge is 0.490 e. The molecule has 0 spiro atoms. The summed E-state index contributed by atoms with van der Waals surface area (Å²) < 4.78 is 8.16. The fourth-order valence-electron chi connectivity index (χ4n) is 3.05. The Bertz CT molecular complexity index is 802. The average molecular weight is 283 g/mol. The van der Waals surface area contributed by atoms with Crippen molar-refractivity contribution in [2.24, 2.45) is 0 Å². The van der Waals surface area contributed by atoms with Gasteiger partial charge >= 0.3 is 0 Å². The van der Waals surface area contributed by atoms with Crippen LogP contribution in [-0.2, 0) is 6.54 Å². The summed E-state index contributed by atoms with van der Waals surface area (Å²) in [6, 6.07) is 10.8. The van der Waals surface area contributed by atoms with Crippen molar-refractivity contribution in [2.45, 2.75) is 27.3 Å². The predicted octanol–water partition coefficient (Wildman–Crippen LogP) is 3.80. The molecule has 2 aromatic carbocycles. The van der Waals surface area contributed by atoms with Gasteiger partial charge in [0.25, 0.3) is 0 Å². The van der Waals surface area contributed by atoms with E-state index < -0.39 is 0 Å². The van der Waals surface area contributed by atoms with E-state index in [-0.39, 0.29) is 6.61 Å². The normalized spacial score (nSPS) is 11.4. The van der Waals surface area contributed by atoms with Gasteiger partial charge in [-0.3, -0.25) is 0 Å². The van der Waals surface area contributed by atoms with Crippen LogP contribution in [0.1, 0.15) is 18.1 Å². The number of hydrogen-bond donors (Lipinski definition) is 1. The van der Waals surface area contributed by atoms with Crippen LogP contribution in [0.25, 0.3) is 21.8 Å². The van der Waals surface area contributed by atoms with Crippen LogP contribution >= 0.6 is 0 Å². The van der Waals surface area contributed by atoms with Gasteiger partial charge in [0.15, 0.2) is 0 Å². The van der Waals surface area contributed by atoms with Crippen LogP contribution in [0.2, 0.25) is 0 Å². The maximum Gasteiger partial charge on any atom is 0.132 e. The second-order valence-electron chi connectivity index (χ2n) is 5.44. The molecule has 0 saturated carbocycles. The molecule has 0 atom stereocenters. The van der Waals surface area contributed by atoms with E-state index in [4.69, 9.17) is 9.84 Å². The summed E-state index contributed by atoms with van der Waals surface area (Å²) in [7, 11) is 0. The van der Waals surface area contributed by atoms with Crippen molar-refractivity contribution in [2.75, 3.05) is 13.2 Å². The predicted molar refractivity (Wildman–Crippen MR) is 87.2 cm³/mol. The minimum atomic E-state index is 0.0290. The van der Waals surface area contributed by atoms with Crippen LogP contribution in [0.15, 0.2) is 30.3 Å². The lowest BCUT2D eigenvalue weighted by Gasteiger charge is -2.10. The lowest BCUT2D eigenvalue weighted by atomic mass is 10.1. The number of aryl methyl sites for hydroxylation is 3. The number of aliphatic hydroxyl groups is 1. The van der Waals surface area contributed by atoms with Crippen LogP contribution in [0, 0.1) is 13.8 Å². The number of hydrogen-bond acceptors (Lipinski definition) is 2. The van der Waals surface area contributed by atoms with Gasteiger partial charge in [0.05, 0.1) is 12.1 Å². The molecular weight excluding hydrogens is 262 g/mol. The second-order valence-corrected chi connectivity index (χ2v) is 5.44. The maximum atomic E-state index is 9.07. The van der Waals surface area contributed by atoms with Crippen molar-refractivity contribution in [1.82, 2.24) is 4.57 Å². The molecule has 0 unspecified atom stereocenters. The van der Waals surface area contributed by atoms with Crippen molar-refractivity contribution in [1.29, 1.82) is 0 Å². The number of nitrogens with zero attached hydrogens (tertiary/aromatic N) is 1. The summed E-state index contributed by atoms with van der Waals surface area (Å²) >= 11 is 0. The van der Waals surface area contributed by atoms with E-state index in [1.807, 2.05) is 0 Å². The van der Waals surface area contributed by atoms with Crippen LogP contribution < -0.4 is 4.74 Å². The molecule has 0 amide bonds. The molecular formula is C18H21NO2. The summed E-state index contributed by atoms with van der Waals surface area (Å²) in [6.07, 6.45) is 0. The van der Waals surface area contributed by atoms with Crippen molar-refractivity contribution in [3.63, 3.8) is 0 Å². The molecule has 3 nitrogen and oxygen atoms in total. The molecule has 0 aliphatic carbocycles. The topological polar surface area (TPSA) is 34.4 Å². The van der Waals surface area contributed by atoms with E-state index in [9.17, 15) is 0 Å². The van der Waals surface area contributed by atoms with Crippen molar-refractivity contribution in [3.05, 3.63) is 41.5 Å². The summed E-state index contributed by atoms with van der Waals surface area (Å²) in [4.78, 5) is 0. The molecule has 3 aromatic rings. The third-order valence-electron chi connectivity index (χ3n) is 3.99. The van der Waals surface area contributed by atoms with Gasteiger partial charge in [-0.05, 0) is 44.5 Å². The molecule has 3 heteroatoms. The summed E-state index contributed by atoms with van der Waals surface area (Å²) in [5.41, 5.74) is 4.77. The average Bonchev–Trinajstić information content (AvgIpc) is 2.79. The Hall–Kier alpha value is -2.00. The molecule has 1 aromatic heterocycles. The zero-order valence-corrected chi connectivity index (χ0v) is 12.8. The van der Waals surface area contributed by atoms with Crippen molar-refractivity contribution in [3.8, 4) is 5.75 Å². The van der Waals surface area contributed by atoms with Crippen molar-refractivity contribution < 1.29 is 9.84 Å². The molecule has 0 aliphatic heterocycles. The van der Waals surface area contributed by atoms with Gasteiger partial charge in [0.2, 0.25) is 0 Å². The summed E-state index contributed by atoms with van der Waals surface area (Å²) in [6.45, 7) is 7.60. The SMILES string of the molecule is CCn1c2ccc(C)cc2c2c(OCCO)c(C)ccc21. The lowest BCUT2D eigenvalue weighted by molar-refractivity contribution is 0.202. The molecule has 0 saturated heterocycles. The Morgan fingerprint density at radius 1 is 1.10 bits per heavy atom. The quantitative estimate of drug-likeness (QED) is 0.790. The van der Waals surface area contributed by atoms with Gasteiger partial charge in [-0.25, -0.2) is 0 Å². The fraction of sp³-hybridized carbons (Fsp3) is 0.333. The molecule has 0 radical (unpaired) electrons. The Balaban J connectivity index is 2.43. The lowest BCUT2D eigenvalue weighted by Crippen LogP contribution is -2.03. The number of fused-ring (bicyclic) bond motifs is 3. The van der Waals surface area contributed by atoms with Gasteiger partial charge in [0, 0.05) is 22.8 Å². The van der Waals surface area contributed by atoms with E-state index >= 15 is 0 Å². The van der Waals surface area contributed by atoms with Crippen molar-refractivity contribution >= 4 is 21.8 Å². The smallest absolute Gasteiger partial charge is 0.132 e. The Morgan fingerprint density at radius 2 is 1.86 bits per heavy atom. The zero-order chi connectivity index (χ0) is 15.0. The van der Waals surface area contributed by atoms with Gasteiger partial charge in [-0.1, -0.05) is 17.7 Å². The molecule has 0 aliphatic rings. The highest BCUT2D eigenvalue weighted by Crippen LogP contribution is 2.38. The third kappa shape index (κ3) is 2.18. The van der Waals surface area contributed by atoms with Gasteiger partial charge in [-0.15, -0.1) is 0 Å². The van der Waals surface area contributed by atoms with E-state index in [1.54, 1.807) is 0 Å².